The maximum atomic E-state index is 11.0. The Bertz CT molecular complexity index is 1020. The van der Waals surface area contributed by atoms with E-state index in [2.05, 4.69) is 10.2 Å². The zero-order valence-electron chi connectivity index (χ0n) is 13.7. The number of fused-ring (bicyclic) bond motifs is 1. The molecule has 0 aliphatic carbocycles. The molecule has 0 unspecified atom stereocenters. The van der Waals surface area contributed by atoms with Gasteiger partial charge in [-0.1, -0.05) is 24.3 Å². The molecule has 25 heavy (non-hydrogen) atoms. The molecule has 0 atom stereocenters. The summed E-state index contributed by atoms with van der Waals surface area (Å²) in [6.07, 6.45) is 0. The van der Waals surface area contributed by atoms with E-state index >= 15 is 0 Å². The van der Waals surface area contributed by atoms with Gasteiger partial charge in [0.2, 0.25) is 0 Å². The summed E-state index contributed by atoms with van der Waals surface area (Å²) in [5, 5.41) is 10.2. The molecule has 6 nitrogen and oxygen atoms in total. The Labute approximate surface area is 167 Å². The Kier molecular flexibility index (Phi) is 6.31. The summed E-state index contributed by atoms with van der Waals surface area (Å²) < 4.78 is 36.3. The van der Waals surface area contributed by atoms with Gasteiger partial charge >= 0.3 is 0 Å². The number of rotatable bonds is 4. The fraction of sp³-hybridized carbons (Fsp3) is 0.0588. The zero-order valence-corrected chi connectivity index (χ0v) is 16.6. The standard InChI is InChI=1S/C17H14N2O4S.Na/c1-23-17-11-10-16(14-4-2-3-5-15(14)17)19-18-12-6-8-13(9-7-12)24(20,21)22;/h2-11H,1H3,(H,20,21,22);. The maximum absolute atomic E-state index is 11.0. The first-order valence-corrected chi connectivity index (χ1v) is 8.48. The number of azo groups is 1. The first-order valence-electron chi connectivity index (χ1n) is 7.04. The number of methoxy groups -OCH3 is 1. The van der Waals surface area contributed by atoms with Gasteiger partial charge in [-0.15, -0.1) is 5.11 Å². The van der Waals surface area contributed by atoms with Crippen LogP contribution in [0.25, 0.3) is 10.8 Å². The number of benzene rings is 3. The fourth-order valence-electron chi connectivity index (χ4n) is 2.32. The average molecular weight is 365 g/mol. The monoisotopic (exact) mass is 365 g/mol. The van der Waals surface area contributed by atoms with E-state index in [1.165, 1.54) is 24.3 Å². The molecule has 123 valence electrons. The Balaban J connectivity index is 0.00000225. The second kappa shape index (κ2) is 8.07. The van der Waals surface area contributed by atoms with Gasteiger partial charge in [-0.3, -0.25) is 4.55 Å². The fourth-order valence-corrected chi connectivity index (χ4v) is 2.80. The third kappa shape index (κ3) is 4.45. The van der Waals surface area contributed by atoms with Crippen molar-refractivity contribution in [1.29, 1.82) is 0 Å². The van der Waals surface area contributed by atoms with Crippen LogP contribution in [0.2, 0.25) is 0 Å². The van der Waals surface area contributed by atoms with Crippen molar-refractivity contribution in [3.8, 4) is 5.75 Å². The van der Waals surface area contributed by atoms with Gasteiger partial charge in [-0.05, 0) is 36.4 Å². The molecule has 0 bridgehead atoms. The predicted molar refractivity (Wildman–Crippen MR) is 96.7 cm³/mol. The number of ether oxygens (including phenoxy) is 1. The molecule has 8 heteroatoms. The minimum atomic E-state index is -4.21. The average Bonchev–Trinajstić information content (AvgIpc) is 2.59. The third-order valence-electron chi connectivity index (χ3n) is 3.49. The second-order valence-electron chi connectivity index (χ2n) is 5.00. The molecule has 0 spiro atoms. The third-order valence-corrected chi connectivity index (χ3v) is 4.36. The molecule has 0 amide bonds. The molecule has 3 rings (SSSR count). The van der Waals surface area contributed by atoms with E-state index in [0.29, 0.717) is 11.4 Å². The normalized spacial score (nSPS) is 11.4. The molecule has 0 aliphatic heterocycles. The molecule has 0 aliphatic rings. The van der Waals surface area contributed by atoms with Crippen LogP contribution < -0.4 is 4.74 Å². The van der Waals surface area contributed by atoms with Gasteiger partial charge in [0.25, 0.3) is 10.1 Å². The largest absolute Gasteiger partial charge is 0.496 e. The minimum Gasteiger partial charge on any atom is -0.496 e. The van der Waals surface area contributed by atoms with Crippen LogP contribution in [0.3, 0.4) is 0 Å². The van der Waals surface area contributed by atoms with E-state index in [9.17, 15) is 8.42 Å². The molecule has 0 heterocycles. The van der Waals surface area contributed by atoms with Crippen LogP contribution in [0.15, 0.2) is 75.8 Å². The summed E-state index contributed by atoms with van der Waals surface area (Å²) in [6, 6.07) is 16.8. The molecular weight excluding hydrogens is 351 g/mol. The van der Waals surface area contributed by atoms with Gasteiger partial charge in [-0.2, -0.15) is 13.5 Å². The van der Waals surface area contributed by atoms with E-state index in [4.69, 9.17) is 9.29 Å². The summed E-state index contributed by atoms with van der Waals surface area (Å²) in [7, 11) is -2.60. The number of nitrogens with zero attached hydrogens (tertiary/aromatic N) is 2. The van der Waals surface area contributed by atoms with Crippen molar-refractivity contribution in [2.45, 2.75) is 4.90 Å². The van der Waals surface area contributed by atoms with Crippen LogP contribution in [-0.2, 0) is 10.1 Å². The van der Waals surface area contributed by atoms with Crippen LogP contribution in [0.1, 0.15) is 0 Å². The van der Waals surface area contributed by atoms with Crippen LogP contribution in [0.4, 0.5) is 11.4 Å². The van der Waals surface area contributed by atoms with Crippen molar-refractivity contribution >= 4 is 61.8 Å². The Morgan fingerprint density at radius 2 is 1.52 bits per heavy atom. The molecule has 3 aromatic carbocycles. The van der Waals surface area contributed by atoms with Crippen LogP contribution >= 0.6 is 0 Å². The molecule has 0 aromatic heterocycles. The van der Waals surface area contributed by atoms with Gasteiger partial charge in [0.05, 0.1) is 23.4 Å². The van der Waals surface area contributed by atoms with E-state index in [1.807, 2.05) is 30.3 Å². The SMILES string of the molecule is COc1ccc(N=Nc2ccc(S(=O)(=O)O)cc2)c2ccccc12.[Na]. The Hall–Kier alpha value is -1.77. The molecule has 0 fully saturated rings. The van der Waals surface area contributed by atoms with Gasteiger partial charge in [-0.25, -0.2) is 0 Å². The summed E-state index contributed by atoms with van der Waals surface area (Å²) in [6.45, 7) is 0. The van der Waals surface area contributed by atoms with Crippen molar-refractivity contribution in [1.82, 2.24) is 0 Å². The van der Waals surface area contributed by atoms with Crippen molar-refractivity contribution in [2.75, 3.05) is 7.11 Å². The molecule has 0 saturated heterocycles. The summed E-state index contributed by atoms with van der Waals surface area (Å²) in [5.41, 5.74) is 1.15. The Morgan fingerprint density at radius 1 is 0.880 bits per heavy atom. The van der Waals surface area contributed by atoms with E-state index < -0.39 is 10.1 Å². The van der Waals surface area contributed by atoms with Crippen LogP contribution in [0.5, 0.6) is 5.75 Å². The van der Waals surface area contributed by atoms with Crippen LogP contribution in [0, 0.1) is 0 Å². The molecule has 1 radical (unpaired) electrons. The smallest absolute Gasteiger partial charge is 0.294 e. The summed E-state index contributed by atoms with van der Waals surface area (Å²) >= 11 is 0. The summed E-state index contributed by atoms with van der Waals surface area (Å²) in [4.78, 5) is -0.184. The van der Waals surface area contributed by atoms with Gasteiger partial charge < -0.3 is 4.74 Å². The van der Waals surface area contributed by atoms with Gasteiger partial charge in [0.1, 0.15) is 5.75 Å². The van der Waals surface area contributed by atoms with E-state index in [-0.39, 0.29) is 34.5 Å². The Morgan fingerprint density at radius 3 is 2.12 bits per heavy atom. The number of hydrogen-bond donors (Lipinski definition) is 1. The topological polar surface area (TPSA) is 88.3 Å². The molecule has 3 aromatic rings. The van der Waals surface area contributed by atoms with Gasteiger partial charge in [0, 0.05) is 40.3 Å². The quantitative estimate of drug-likeness (QED) is 0.428. The van der Waals surface area contributed by atoms with Crippen molar-refractivity contribution in [3.05, 3.63) is 60.7 Å². The zero-order chi connectivity index (χ0) is 17.2. The number of hydrogen-bond acceptors (Lipinski definition) is 5. The van der Waals surface area contributed by atoms with Crippen LogP contribution in [-0.4, -0.2) is 49.6 Å². The van der Waals surface area contributed by atoms with E-state index in [1.54, 1.807) is 13.2 Å². The first kappa shape index (κ1) is 19.6. The molecular formula is C17H14N2NaO4S. The molecule has 0 saturated carbocycles. The molecule has 1 N–H and O–H groups in total. The minimum absolute atomic E-state index is 0. The van der Waals surface area contributed by atoms with Crippen molar-refractivity contribution in [2.24, 2.45) is 10.2 Å². The van der Waals surface area contributed by atoms with Crippen molar-refractivity contribution in [3.63, 3.8) is 0 Å². The predicted octanol–water partition coefficient (Wildman–Crippen LogP) is 4.13. The van der Waals surface area contributed by atoms with Gasteiger partial charge in [0.15, 0.2) is 0 Å². The second-order valence-corrected chi connectivity index (χ2v) is 6.42. The van der Waals surface area contributed by atoms with Crippen molar-refractivity contribution < 1.29 is 17.7 Å². The van der Waals surface area contributed by atoms with E-state index in [0.717, 1.165) is 16.5 Å². The maximum Gasteiger partial charge on any atom is 0.294 e. The first-order chi connectivity index (χ1) is 11.5. The summed E-state index contributed by atoms with van der Waals surface area (Å²) in [5.74, 6) is 0.752.